The highest BCUT2D eigenvalue weighted by atomic mass is 32.2. The molecule has 0 aliphatic carbocycles. The molecule has 0 fully saturated rings. The molecule has 0 aromatic heterocycles. The third-order valence-electron chi connectivity index (χ3n) is 8.26. The van der Waals surface area contributed by atoms with Gasteiger partial charge in [0.1, 0.15) is 21.3 Å². The number of halogens is 2. The summed E-state index contributed by atoms with van der Waals surface area (Å²) >= 11 is 0. The predicted octanol–water partition coefficient (Wildman–Crippen LogP) is 14.8. The first-order chi connectivity index (χ1) is 34.8. The molecule has 0 saturated heterocycles. The van der Waals surface area contributed by atoms with Gasteiger partial charge in [-0.25, -0.2) is 42.5 Å². The number of hydrogen-bond donors (Lipinski definition) is 0. The molecule has 0 radical (unpaired) electrons. The van der Waals surface area contributed by atoms with E-state index < -0.39 is 45.3 Å². The topological polar surface area (TPSA) is 164 Å². The van der Waals surface area contributed by atoms with Gasteiger partial charge in [0, 0.05) is 39.2 Å². The number of sulfone groups is 4. The minimum Gasteiger partial charge on any atom is -0.497 e. The van der Waals surface area contributed by atoms with Crippen molar-refractivity contribution in [3.63, 3.8) is 0 Å². The fraction of sp³-hybridized carbons (Fsp3) is 0.404. The lowest BCUT2D eigenvalue weighted by atomic mass is 10.1. The lowest BCUT2D eigenvalue weighted by Gasteiger charge is -2.11. The zero-order valence-electron chi connectivity index (χ0n) is 47.7. The highest BCUT2D eigenvalue weighted by Crippen LogP contribution is 2.29. The van der Waals surface area contributed by atoms with E-state index in [1.807, 2.05) is 76.2 Å². The summed E-state index contributed by atoms with van der Waals surface area (Å²) in [6.07, 6.45) is 2.32. The molecule has 0 bridgehead atoms. The van der Waals surface area contributed by atoms with Gasteiger partial charge in [0.25, 0.3) is 5.92 Å². The van der Waals surface area contributed by atoms with Crippen molar-refractivity contribution < 1.29 is 56.7 Å². The molecule has 0 amide bonds. The third kappa shape index (κ3) is 33.6. The first-order valence-corrected chi connectivity index (χ1v) is 31.4. The van der Waals surface area contributed by atoms with E-state index in [0.29, 0.717) is 21.3 Å². The van der Waals surface area contributed by atoms with E-state index in [1.54, 1.807) is 103 Å². The highest BCUT2D eigenvalue weighted by molar-refractivity contribution is 7.92. The van der Waals surface area contributed by atoms with Crippen LogP contribution in [0.2, 0.25) is 0 Å². The summed E-state index contributed by atoms with van der Waals surface area (Å²) in [7, 11) is -6.15. The third-order valence-corrected chi connectivity index (χ3v) is 13.5. The van der Waals surface area contributed by atoms with E-state index in [-0.39, 0.29) is 26.9 Å². The zero-order valence-corrected chi connectivity index (χ0v) is 50.9. The van der Waals surface area contributed by atoms with E-state index in [9.17, 15) is 42.5 Å². The summed E-state index contributed by atoms with van der Waals surface area (Å²) in [5.41, 5.74) is 0.741. The Hall–Kier alpha value is -5.20. The van der Waals surface area contributed by atoms with E-state index >= 15 is 0 Å². The first kappa shape index (κ1) is 77.7. The summed E-state index contributed by atoms with van der Waals surface area (Å²) in [6, 6.07) is 40.6. The summed E-state index contributed by atoms with van der Waals surface area (Å²) in [4.78, 5) is 0.847. The minimum absolute atomic E-state index is 0.00866. The molecule has 74 heavy (non-hydrogen) atoms. The van der Waals surface area contributed by atoms with Gasteiger partial charge in [0.2, 0.25) is 9.84 Å². The van der Waals surface area contributed by atoms with Crippen molar-refractivity contribution in [3.8, 4) is 11.5 Å². The molecule has 11 nitrogen and oxygen atoms in total. The lowest BCUT2D eigenvalue weighted by molar-refractivity contribution is 0.0174. The van der Waals surface area contributed by atoms with E-state index in [0.717, 1.165) is 37.1 Å². The first-order valence-electron chi connectivity index (χ1n) is 24.3. The van der Waals surface area contributed by atoms with Gasteiger partial charge >= 0.3 is 0 Å². The lowest BCUT2D eigenvalue weighted by Crippen LogP contribution is -2.08. The Balaban J connectivity index is -0.000000263. The quantitative estimate of drug-likeness (QED) is 0.135. The fourth-order valence-corrected chi connectivity index (χ4v) is 7.84. The molecular weight excluding hydrogens is 1030 g/mol. The van der Waals surface area contributed by atoms with E-state index in [2.05, 4.69) is 53.3 Å². The molecule has 0 atom stereocenters. The molecule has 420 valence electrons. The summed E-state index contributed by atoms with van der Waals surface area (Å²) in [5, 5.41) is 2.62. The number of benzene rings is 6. The van der Waals surface area contributed by atoms with Gasteiger partial charge in [-0.1, -0.05) is 161 Å². The van der Waals surface area contributed by atoms with Gasteiger partial charge in [-0.3, -0.25) is 0 Å². The van der Waals surface area contributed by atoms with Crippen LogP contribution in [-0.4, -0.2) is 86.1 Å². The van der Waals surface area contributed by atoms with Crippen LogP contribution in [0.4, 0.5) is 8.78 Å². The smallest absolute Gasteiger partial charge is 0.270 e. The average Bonchev–Trinajstić information content (AvgIpc) is 3.42. The normalized spacial score (nSPS) is 10.1. The van der Waals surface area contributed by atoms with Crippen LogP contribution in [0.25, 0.3) is 10.8 Å². The van der Waals surface area contributed by atoms with Crippen molar-refractivity contribution in [2.75, 3.05) is 52.5 Å². The second-order valence-corrected chi connectivity index (χ2v) is 22.6. The second kappa shape index (κ2) is 43.1. The maximum absolute atomic E-state index is 13.1. The predicted molar refractivity (Wildman–Crippen MR) is 308 cm³/mol. The molecule has 17 heteroatoms. The SMILES string of the molecule is CC.CC.CC.CC.CC.CCS(=O)(=O)c1ccc(OC)cc1.CCS(=O)(=O)c1ccc(OC)cc1.COC.CS(C)(=O)=O.Cc1ccc(S(=O)(=O)c2ccc(C(C)(F)F)cc2)cc1.c1ccc2ccccc2c1. The van der Waals surface area contributed by atoms with Gasteiger partial charge in [-0.05, 0) is 90.5 Å². The van der Waals surface area contributed by atoms with Gasteiger partial charge in [0.05, 0.1) is 45.3 Å². The number of methoxy groups -OCH3 is 3. The molecule has 0 aliphatic heterocycles. The van der Waals surface area contributed by atoms with Crippen LogP contribution in [0.3, 0.4) is 0 Å². The Morgan fingerprint density at radius 2 is 0.649 bits per heavy atom. The maximum Gasteiger partial charge on any atom is 0.270 e. The van der Waals surface area contributed by atoms with Crippen LogP contribution in [0, 0.1) is 6.92 Å². The van der Waals surface area contributed by atoms with Crippen LogP contribution in [-0.2, 0) is 50.0 Å². The second-order valence-electron chi connectivity index (χ2n) is 13.8. The van der Waals surface area contributed by atoms with Crippen LogP contribution in [0.15, 0.2) is 165 Å². The Labute approximate surface area is 447 Å². The number of fused-ring (bicyclic) bond motifs is 1. The Bertz CT molecular complexity index is 2590. The van der Waals surface area contributed by atoms with Crippen LogP contribution < -0.4 is 9.47 Å². The minimum atomic E-state index is -3.66. The Morgan fingerprint density at radius 1 is 0.419 bits per heavy atom. The zero-order chi connectivity index (χ0) is 58.8. The van der Waals surface area contributed by atoms with Gasteiger partial charge in [-0.15, -0.1) is 0 Å². The summed E-state index contributed by atoms with van der Waals surface area (Å²) < 4.78 is 130. The molecule has 0 saturated carbocycles. The molecule has 0 N–H and O–H groups in total. The van der Waals surface area contributed by atoms with Crippen molar-refractivity contribution in [3.05, 3.63) is 157 Å². The number of hydrogen-bond acceptors (Lipinski definition) is 11. The van der Waals surface area contributed by atoms with Crippen molar-refractivity contribution >= 4 is 50.1 Å². The molecule has 6 rings (SSSR count). The van der Waals surface area contributed by atoms with Crippen molar-refractivity contribution in [1.29, 1.82) is 0 Å². The van der Waals surface area contributed by atoms with Gasteiger partial charge in [0.15, 0.2) is 19.7 Å². The average molecular weight is 1120 g/mol. The molecule has 6 aromatic carbocycles. The van der Waals surface area contributed by atoms with Crippen molar-refractivity contribution in [2.24, 2.45) is 0 Å². The molecule has 0 aliphatic rings. The van der Waals surface area contributed by atoms with Crippen LogP contribution in [0.1, 0.15) is 101 Å². The number of alkyl halides is 2. The molecule has 0 heterocycles. The molecule has 0 unspecified atom stereocenters. The molecular formula is C57H88F2O11S4. The number of rotatable bonds is 9. The van der Waals surface area contributed by atoms with Crippen molar-refractivity contribution in [1.82, 2.24) is 0 Å². The molecule has 6 aromatic rings. The van der Waals surface area contributed by atoms with Crippen LogP contribution in [0.5, 0.6) is 11.5 Å². The highest BCUT2D eigenvalue weighted by Gasteiger charge is 2.25. The van der Waals surface area contributed by atoms with Crippen molar-refractivity contribution in [2.45, 2.75) is 122 Å². The Morgan fingerprint density at radius 3 is 0.865 bits per heavy atom. The fourth-order valence-electron chi connectivity index (χ4n) is 4.81. The summed E-state index contributed by atoms with van der Waals surface area (Å²) in [6.45, 7) is 25.9. The van der Waals surface area contributed by atoms with E-state index in [1.165, 1.54) is 35.0 Å². The number of ether oxygens (including phenoxy) is 3. The summed E-state index contributed by atoms with van der Waals surface area (Å²) in [5.74, 6) is -1.41. The standard InChI is InChI=1S/C15H14F2O2S.C10H8.2C9H12O3S.C2H6O2S.C2H6O.5C2H6/c1-11-3-7-13(8-4-11)20(18,19)14-9-5-12(6-10-14)15(2,16)17;1-2-6-10-8-4-3-7-9(10)5-1;2*1-3-13(10,11)9-6-4-8(12-2)5-7-9;1-5(2,3)4;1-3-2;5*1-2/h3-10H,1-2H3;1-8H;2*4-7H,3H2,1-2H3;1-2H3;1-2H3;5*1-2H3. The monoisotopic (exact) mass is 1110 g/mol. The van der Waals surface area contributed by atoms with Crippen LogP contribution >= 0.6 is 0 Å². The largest absolute Gasteiger partial charge is 0.497 e. The van der Waals surface area contributed by atoms with Gasteiger partial charge < -0.3 is 14.2 Å². The van der Waals surface area contributed by atoms with Gasteiger partial charge in [-0.2, -0.15) is 0 Å². The Kier molecular flexibility index (Phi) is 45.2. The number of aryl methyl sites for hydroxylation is 1. The van der Waals surface area contributed by atoms with E-state index in [4.69, 9.17) is 9.47 Å². The maximum atomic E-state index is 13.1. The molecule has 0 spiro atoms.